The highest BCUT2D eigenvalue weighted by Crippen LogP contribution is 2.32. The van der Waals surface area contributed by atoms with Crippen molar-refractivity contribution in [3.63, 3.8) is 0 Å². The molecule has 0 bridgehead atoms. The molecule has 1 aromatic carbocycles. The molecule has 1 aliphatic heterocycles. The van der Waals surface area contributed by atoms with E-state index in [1.165, 1.54) is 10.9 Å². The minimum Gasteiger partial charge on any atom is -0.481 e. The Morgan fingerprint density at radius 1 is 1.11 bits per heavy atom. The Bertz CT molecular complexity index is 1230. The van der Waals surface area contributed by atoms with E-state index in [0.29, 0.717) is 31.4 Å². The number of nitrogens with two attached hydrogens (primary N) is 1. The molecule has 3 heterocycles. The molecular formula is C23H29N7O6. The maximum absolute atomic E-state index is 12.2. The number of anilines is 2. The summed E-state index contributed by atoms with van der Waals surface area (Å²) in [5.74, 6) is -0.985. The number of aryl methyl sites for hydroxylation is 1. The topological polar surface area (TPSA) is 198 Å². The van der Waals surface area contributed by atoms with E-state index < -0.39 is 36.4 Å². The molecule has 7 N–H and O–H groups in total. The third-order valence-corrected chi connectivity index (χ3v) is 5.92. The van der Waals surface area contributed by atoms with E-state index in [1.807, 2.05) is 24.3 Å². The Morgan fingerprint density at radius 3 is 2.47 bits per heavy atom. The molecule has 36 heavy (non-hydrogen) atoms. The molecule has 0 aliphatic carbocycles. The SMILES string of the molecule is CCNC(=O)[C@H]1O[C@@H](n2cnc3c(N)nc(NCCc4ccc(CCC(=O)O)cc4)nc32)C(O)C1O. The number of hydrogen-bond acceptors (Lipinski definition) is 10. The monoisotopic (exact) mass is 499 g/mol. The summed E-state index contributed by atoms with van der Waals surface area (Å²) in [5.41, 5.74) is 8.65. The summed E-state index contributed by atoms with van der Waals surface area (Å²) in [6.45, 7) is 2.59. The molecule has 192 valence electrons. The average Bonchev–Trinajstić information content (AvgIpc) is 3.40. The predicted octanol–water partition coefficient (Wildman–Crippen LogP) is -0.164. The number of ether oxygens (including phenoxy) is 1. The van der Waals surface area contributed by atoms with Gasteiger partial charge in [0.1, 0.15) is 17.7 Å². The van der Waals surface area contributed by atoms with E-state index in [9.17, 15) is 19.8 Å². The molecule has 2 aromatic heterocycles. The molecule has 4 rings (SSSR count). The van der Waals surface area contributed by atoms with Crippen molar-refractivity contribution in [1.82, 2.24) is 24.8 Å². The van der Waals surface area contributed by atoms with Gasteiger partial charge >= 0.3 is 5.97 Å². The Balaban J connectivity index is 1.45. The lowest BCUT2D eigenvalue weighted by atomic mass is 10.1. The van der Waals surface area contributed by atoms with Gasteiger partial charge in [-0.25, -0.2) is 4.98 Å². The molecule has 0 radical (unpaired) electrons. The number of carbonyl (C=O) groups is 2. The number of aliphatic hydroxyl groups is 2. The molecule has 1 fully saturated rings. The lowest BCUT2D eigenvalue weighted by Gasteiger charge is -2.16. The van der Waals surface area contributed by atoms with Crippen LogP contribution in [0.5, 0.6) is 0 Å². The molecule has 1 aliphatic rings. The van der Waals surface area contributed by atoms with Gasteiger partial charge in [0, 0.05) is 19.5 Å². The fraction of sp³-hybridized carbons (Fsp3) is 0.435. The van der Waals surface area contributed by atoms with Gasteiger partial charge in [0.25, 0.3) is 5.91 Å². The summed E-state index contributed by atoms with van der Waals surface area (Å²) < 4.78 is 7.09. The first-order valence-corrected chi connectivity index (χ1v) is 11.6. The van der Waals surface area contributed by atoms with Crippen LogP contribution in [0.25, 0.3) is 11.2 Å². The van der Waals surface area contributed by atoms with Crippen molar-refractivity contribution >= 4 is 34.8 Å². The fourth-order valence-corrected chi connectivity index (χ4v) is 4.03. The third kappa shape index (κ3) is 5.37. The predicted molar refractivity (Wildman–Crippen MR) is 129 cm³/mol. The Labute approximate surface area is 206 Å². The summed E-state index contributed by atoms with van der Waals surface area (Å²) in [6.07, 6.45) is -2.56. The second-order valence-corrected chi connectivity index (χ2v) is 8.47. The van der Waals surface area contributed by atoms with E-state index in [0.717, 1.165) is 11.1 Å². The fourth-order valence-electron chi connectivity index (χ4n) is 4.03. The zero-order valence-electron chi connectivity index (χ0n) is 19.7. The summed E-state index contributed by atoms with van der Waals surface area (Å²) in [6, 6.07) is 7.71. The zero-order chi connectivity index (χ0) is 25.8. The van der Waals surface area contributed by atoms with Crippen LogP contribution in [0.3, 0.4) is 0 Å². The first-order valence-electron chi connectivity index (χ1n) is 11.6. The van der Waals surface area contributed by atoms with Gasteiger partial charge in [0.2, 0.25) is 5.95 Å². The van der Waals surface area contributed by atoms with Crippen LogP contribution in [0, 0.1) is 0 Å². The number of carboxylic acid groups (broad SMARTS) is 1. The van der Waals surface area contributed by atoms with Gasteiger partial charge in [-0.15, -0.1) is 0 Å². The lowest BCUT2D eigenvalue weighted by Crippen LogP contribution is -2.42. The molecule has 1 amide bonds. The first kappa shape index (κ1) is 25.3. The number of fused-ring (bicyclic) bond motifs is 1. The van der Waals surface area contributed by atoms with E-state index in [4.69, 9.17) is 15.6 Å². The van der Waals surface area contributed by atoms with Crippen LogP contribution in [0.15, 0.2) is 30.6 Å². The molecule has 2 unspecified atom stereocenters. The van der Waals surface area contributed by atoms with Crippen molar-refractivity contribution in [2.45, 2.75) is 50.7 Å². The minimum atomic E-state index is -1.42. The van der Waals surface area contributed by atoms with Gasteiger partial charge in [-0.3, -0.25) is 14.2 Å². The van der Waals surface area contributed by atoms with E-state index >= 15 is 0 Å². The molecule has 13 nitrogen and oxygen atoms in total. The maximum Gasteiger partial charge on any atom is 0.303 e. The first-order chi connectivity index (χ1) is 17.3. The minimum absolute atomic E-state index is 0.0905. The standard InChI is InChI=1S/C23H29N7O6/c1-2-25-21(35)18-16(33)17(34)22(36-18)30-11-27-15-19(24)28-23(29-20(15)30)26-10-9-13-5-3-12(4-6-13)7-8-14(31)32/h3-6,11,16-18,22,33-34H,2,7-10H2,1H3,(H,25,35)(H,31,32)(H3,24,26,28,29)/t16?,17?,18-,22+/m0/s1. The number of imidazole rings is 1. The molecule has 13 heteroatoms. The molecule has 3 aromatic rings. The second-order valence-electron chi connectivity index (χ2n) is 8.47. The number of amides is 1. The van der Waals surface area contributed by atoms with Crippen molar-refractivity contribution in [3.8, 4) is 0 Å². The number of carbonyl (C=O) groups excluding carboxylic acids is 1. The van der Waals surface area contributed by atoms with E-state index in [1.54, 1.807) is 6.92 Å². The van der Waals surface area contributed by atoms with Crippen LogP contribution < -0.4 is 16.4 Å². The number of likely N-dealkylation sites (N-methyl/N-ethyl adjacent to an activating group) is 1. The number of nitrogen functional groups attached to an aromatic ring is 1. The average molecular weight is 500 g/mol. The highest BCUT2D eigenvalue weighted by Gasteiger charge is 2.47. The van der Waals surface area contributed by atoms with Gasteiger partial charge in [-0.1, -0.05) is 24.3 Å². The number of nitrogens with zero attached hydrogens (tertiary/aromatic N) is 4. The number of carboxylic acids is 1. The number of aliphatic carboxylic acids is 1. The van der Waals surface area contributed by atoms with E-state index in [-0.39, 0.29) is 23.8 Å². The Morgan fingerprint density at radius 2 is 1.81 bits per heavy atom. The summed E-state index contributed by atoms with van der Waals surface area (Å²) in [4.78, 5) is 35.8. The Hall–Kier alpha value is -3.81. The van der Waals surface area contributed by atoms with Gasteiger partial charge < -0.3 is 36.4 Å². The van der Waals surface area contributed by atoms with Crippen LogP contribution >= 0.6 is 0 Å². The van der Waals surface area contributed by atoms with Crippen molar-refractivity contribution in [2.24, 2.45) is 0 Å². The number of aromatic nitrogens is 4. The van der Waals surface area contributed by atoms with E-state index in [2.05, 4.69) is 25.6 Å². The quantitative estimate of drug-likeness (QED) is 0.217. The van der Waals surface area contributed by atoms with Crippen molar-refractivity contribution < 1.29 is 29.6 Å². The molecular weight excluding hydrogens is 470 g/mol. The van der Waals surface area contributed by atoms with Gasteiger partial charge in [-0.2, -0.15) is 9.97 Å². The number of aliphatic hydroxyl groups excluding tert-OH is 2. The van der Waals surface area contributed by atoms with Crippen LogP contribution in [-0.4, -0.2) is 78.1 Å². The highest BCUT2D eigenvalue weighted by molar-refractivity contribution is 5.83. The summed E-state index contributed by atoms with van der Waals surface area (Å²) in [5, 5.41) is 35.4. The second kappa shape index (κ2) is 10.8. The normalized spacial score (nSPS) is 21.5. The lowest BCUT2D eigenvalue weighted by molar-refractivity contribution is -0.138. The molecule has 0 spiro atoms. The van der Waals surface area contributed by atoms with Crippen LogP contribution in [-0.2, 0) is 27.2 Å². The van der Waals surface area contributed by atoms with Crippen molar-refractivity contribution in [1.29, 1.82) is 0 Å². The van der Waals surface area contributed by atoms with Crippen LogP contribution in [0.1, 0.15) is 30.7 Å². The largest absolute Gasteiger partial charge is 0.481 e. The molecule has 4 atom stereocenters. The Kier molecular flexibility index (Phi) is 7.62. The van der Waals surface area contributed by atoms with Crippen molar-refractivity contribution in [2.75, 3.05) is 24.1 Å². The van der Waals surface area contributed by atoms with Gasteiger partial charge in [0.05, 0.1) is 6.33 Å². The summed E-state index contributed by atoms with van der Waals surface area (Å²) in [7, 11) is 0. The van der Waals surface area contributed by atoms with Crippen LogP contribution in [0.4, 0.5) is 11.8 Å². The zero-order valence-corrected chi connectivity index (χ0v) is 19.7. The smallest absolute Gasteiger partial charge is 0.303 e. The highest BCUT2D eigenvalue weighted by atomic mass is 16.6. The van der Waals surface area contributed by atoms with Gasteiger partial charge in [0.15, 0.2) is 23.8 Å². The number of hydrogen-bond donors (Lipinski definition) is 6. The molecule has 0 saturated carbocycles. The van der Waals surface area contributed by atoms with Gasteiger partial charge in [-0.05, 0) is 30.9 Å². The number of benzene rings is 1. The van der Waals surface area contributed by atoms with Crippen molar-refractivity contribution in [3.05, 3.63) is 41.7 Å². The summed E-state index contributed by atoms with van der Waals surface area (Å²) >= 11 is 0. The maximum atomic E-state index is 12.2. The number of nitrogens with one attached hydrogen (secondary N) is 2. The van der Waals surface area contributed by atoms with Crippen LogP contribution in [0.2, 0.25) is 0 Å². The third-order valence-electron chi connectivity index (χ3n) is 5.92. The molecule has 1 saturated heterocycles. The number of rotatable bonds is 10.